The van der Waals surface area contributed by atoms with E-state index in [-0.39, 0.29) is 11.3 Å². The second-order valence-electron chi connectivity index (χ2n) is 3.78. The SMILES string of the molecule is CC(=O)N(C)C.CC(C)(C)C#N. The smallest absolute Gasteiger partial charge is 0.218 e. The summed E-state index contributed by atoms with van der Waals surface area (Å²) in [6, 6.07) is 2.10. The molecule has 12 heavy (non-hydrogen) atoms. The Morgan fingerprint density at radius 2 is 1.50 bits per heavy atom. The van der Waals surface area contributed by atoms with E-state index in [4.69, 9.17) is 5.26 Å². The van der Waals surface area contributed by atoms with E-state index >= 15 is 0 Å². The second-order valence-corrected chi connectivity index (χ2v) is 3.78. The summed E-state index contributed by atoms with van der Waals surface area (Å²) < 4.78 is 0. The first-order valence-electron chi connectivity index (χ1n) is 3.80. The molecule has 0 N–H and O–H groups in total. The highest BCUT2D eigenvalue weighted by Gasteiger charge is 2.04. The van der Waals surface area contributed by atoms with E-state index in [0.717, 1.165) is 0 Å². The largest absolute Gasteiger partial charge is 0.349 e. The van der Waals surface area contributed by atoms with Crippen molar-refractivity contribution in [3.63, 3.8) is 0 Å². The first-order valence-corrected chi connectivity index (χ1v) is 3.80. The van der Waals surface area contributed by atoms with Gasteiger partial charge >= 0.3 is 0 Å². The Morgan fingerprint density at radius 1 is 1.33 bits per heavy atom. The molecular formula is C9H18N2O. The molecule has 0 spiro atoms. The highest BCUT2D eigenvalue weighted by atomic mass is 16.2. The lowest BCUT2D eigenvalue weighted by molar-refractivity contribution is -0.126. The second kappa shape index (κ2) is 5.59. The van der Waals surface area contributed by atoms with Crippen LogP contribution in [0, 0.1) is 16.7 Å². The number of nitriles is 1. The zero-order valence-electron chi connectivity index (χ0n) is 8.80. The Bertz CT molecular complexity index is 172. The Balaban J connectivity index is 0. The van der Waals surface area contributed by atoms with Gasteiger partial charge in [-0.1, -0.05) is 0 Å². The highest BCUT2D eigenvalue weighted by molar-refractivity contribution is 5.72. The average molecular weight is 170 g/mol. The number of carbonyl (C=O) groups excluding carboxylic acids is 1. The molecule has 0 saturated carbocycles. The maximum absolute atomic E-state index is 10.1. The van der Waals surface area contributed by atoms with Crippen LogP contribution in [-0.4, -0.2) is 24.9 Å². The average Bonchev–Trinajstić information content (AvgIpc) is 1.87. The van der Waals surface area contributed by atoms with Crippen molar-refractivity contribution in [1.82, 2.24) is 4.90 Å². The van der Waals surface area contributed by atoms with Crippen LogP contribution >= 0.6 is 0 Å². The molecule has 70 valence electrons. The van der Waals surface area contributed by atoms with E-state index in [2.05, 4.69) is 6.07 Å². The molecule has 0 bridgehead atoms. The van der Waals surface area contributed by atoms with Crippen molar-refractivity contribution in [3.05, 3.63) is 0 Å². The summed E-state index contributed by atoms with van der Waals surface area (Å²) in [5.74, 6) is 0.0926. The van der Waals surface area contributed by atoms with Gasteiger partial charge in [0.2, 0.25) is 5.91 Å². The first-order chi connectivity index (χ1) is 5.20. The van der Waals surface area contributed by atoms with E-state index < -0.39 is 0 Å². The van der Waals surface area contributed by atoms with Crippen molar-refractivity contribution in [1.29, 1.82) is 5.26 Å². The van der Waals surface area contributed by atoms with E-state index in [9.17, 15) is 4.79 Å². The molecular weight excluding hydrogens is 152 g/mol. The molecule has 0 saturated heterocycles. The molecule has 0 aromatic heterocycles. The van der Waals surface area contributed by atoms with Gasteiger partial charge in [-0.15, -0.1) is 0 Å². The fourth-order valence-electron chi connectivity index (χ4n) is 0. The molecule has 0 fully saturated rings. The van der Waals surface area contributed by atoms with Crippen LogP contribution in [-0.2, 0) is 4.79 Å². The van der Waals surface area contributed by atoms with Crippen molar-refractivity contribution in [2.24, 2.45) is 5.41 Å². The van der Waals surface area contributed by atoms with Crippen molar-refractivity contribution >= 4 is 5.91 Å². The highest BCUT2D eigenvalue weighted by Crippen LogP contribution is 2.08. The maximum atomic E-state index is 10.1. The molecule has 0 aromatic carbocycles. The number of rotatable bonds is 0. The molecule has 0 heterocycles. The van der Waals surface area contributed by atoms with Gasteiger partial charge in [0.05, 0.1) is 6.07 Å². The zero-order chi connectivity index (χ0) is 10.4. The van der Waals surface area contributed by atoms with Crippen LogP contribution in [0.5, 0.6) is 0 Å². The van der Waals surface area contributed by atoms with Crippen molar-refractivity contribution in [2.45, 2.75) is 27.7 Å². The molecule has 0 radical (unpaired) electrons. The molecule has 0 aliphatic rings. The lowest BCUT2D eigenvalue weighted by Gasteiger charge is -2.02. The van der Waals surface area contributed by atoms with Gasteiger partial charge in [0.25, 0.3) is 0 Å². The third kappa shape index (κ3) is 16.0. The fourth-order valence-corrected chi connectivity index (χ4v) is 0. The van der Waals surface area contributed by atoms with Crippen LogP contribution in [0.4, 0.5) is 0 Å². The van der Waals surface area contributed by atoms with Gasteiger partial charge in [-0.3, -0.25) is 4.79 Å². The van der Waals surface area contributed by atoms with Gasteiger partial charge < -0.3 is 4.90 Å². The van der Waals surface area contributed by atoms with Gasteiger partial charge in [0.15, 0.2) is 0 Å². The Kier molecular flexibility index (Phi) is 6.31. The minimum absolute atomic E-state index is 0.0926. The monoisotopic (exact) mass is 170 g/mol. The predicted octanol–water partition coefficient (Wildman–Crippen LogP) is 1.65. The molecule has 1 amide bonds. The molecule has 0 rings (SSSR count). The molecule has 0 unspecified atom stereocenters. The standard InChI is InChI=1S/C5H9N.C4H9NO/c1-5(2,3)4-6;1-4(6)5(2)3/h2*1-3H3. The molecule has 3 heteroatoms. The quantitative estimate of drug-likeness (QED) is 0.555. The Hall–Kier alpha value is -1.04. The third-order valence-corrected chi connectivity index (χ3v) is 0.965. The molecule has 0 aliphatic carbocycles. The molecule has 0 atom stereocenters. The van der Waals surface area contributed by atoms with Crippen LogP contribution in [0.3, 0.4) is 0 Å². The lowest BCUT2D eigenvalue weighted by atomic mass is 10.0. The van der Waals surface area contributed by atoms with Gasteiger partial charge in [0, 0.05) is 26.4 Å². The van der Waals surface area contributed by atoms with E-state index in [0.29, 0.717) is 0 Å². The van der Waals surface area contributed by atoms with E-state index in [1.54, 1.807) is 14.1 Å². The number of nitrogens with zero attached hydrogens (tertiary/aromatic N) is 2. The third-order valence-electron chi connectivity index (χ3n) is 0.965. The minimum Gasteiger partial charge on any atom is -0.349 e. The van der Waals surface area contributed by atoms with Gasteiger partial charge in [-0.05, 0) is 20.8 Å². The molecule has 0 aromatic rings. The van der Waals surface area contributed by atoms with Crippen molar-refractivity contribution < 1.29 is 4.79 Å². The summed E-state index contributed by atoms with van der Waals surface area (Å²) in [5, 5.41) is 8.15. The van der Waals surface area contributed by atoms with Crippen LogP contribution in [0.1, 0.15) is 27.7 Å². The summed E-state index contributed by atoms with van der Waals surface area (Å²) in [7, 11) is 3.45. The van der Waals surface area contributed by atoms with Gasteiger partial charge in [-0.2, -0.15) is 5.26 Å². The topological polar surface area (TPSA) is 44.1 Å². The maximum Gasteiger partial charge on any atom is 0.218 e. The van der Waals surface area contributed by atoms with Crippen LogP contribution in [0.15, 0.2) is 0 Å². The van der Waals surface area contributed by atoms with Gasteiger partial charge in [-0.25, -0.2) is 0 Å². The predicted molar refractivity (Wildman–Crippen MR) is 49.4 cm³/mol. The summed E-state index contributed by atoms with van der Waals surface area (Å²) in [6.07, 6.45) is 0. The number of hydrogen-bond acceptors (Lipinski definition) is 2. The summed E-state index contributed by atoms with van der Waals surface area (Å²) in [4.78, 5) is 11.6. The number of carbonyl (C=O) groups is 1. The molecule has 3 nitrogen and oxygen atoms in total. The minimum atomic E-state index is -0.153. The fraction of sp³-hybridized carbons (Fsp3) is 0.778. The Labute approximate surface area is 75.0 Å². The van der Waals surface area contributed by atoms with E-state index in [1.807, 2.05) is 20.8 Å². The first kappa shape index (κ1) is 13.5. The van der Waals surface area contributed by atoms with Crippen LogP contribution in [0.2, 0.25) is 0 Å². The molecule has 0 aliphatic heterocycles. The number of hydrogen-bond donors (Lipinski definition) is 0. The summed E-state index contributed by atoms with van der Waals surface area (Å²) in [6.45, 7) is 7.17. The zero-order valence-corrected chi connectivity index (χ0v) is 8.80. The normalized spacial score (nSPS) is 9.08. The van der Waals surface area contributed by atoms with Gasteiger partial charge in [0.1, 0.15) is 0 Å². The van der Waals surface area contributed by atoms with Crippen LogP contribution in [0.25, 0.3) is 0 Å². The lowest BCUT2D eigenvalue weighted by Crippen LogP contribution is -2.17. The Morgan fingerprint density at radius 3 is 1.50 bits per heavy atom. The summed E-state index contributed by atoms with van der Waals surface area (Å²) >= 11 is 0. The summed E-state index contributed by atoms with van der Waals surface area (Å²) in [5.41, 5.74) is -0.153. The number of amides is 1. The van der Waals surface area contributed by atoms with E-state index in [1.165, 1.54) is 11.8 Å². The van der Waals surface area contributed by atoms with Crippen LogP contribution < -0.4 is 0 Å². The van der Waals surface area contributed by atoms with Crippen molar-refractivity contribution in [2.75, 3.05) is 14.1 Å². The van der Waals surface area contributed by atoms with Crippen molar-refractivity contribution in [3.8, 4) is 6.07 Å².